The normalized spacial score (nSPS) is 13.8. The molecule has 0 aliphatic carbocycles. The Morgan fingerprint density at radius 3 is 2.83 bits per heavy atom. The van der Waals surface area contributed by atoms with Crippen molar-refractivity contribution >= 4 is 0 Å². The van der Waals surface area contributed by atoms with Gasteiger partial charge < -0.3 is 19.9 Å². The Bertz CT molecular complexity index is 662. The summed E-state index contributed by atoms with van der Waals surface area (Å²) in [7, 11) is 0. The van der Waals surface area contributed by atoms with Crippen LogP contribution in [0.25, 0.3) is 0 Å². The Hall–Kier alpha value is -2.27. The number of halogens is 1. The third-order valence-electron chi connectivity index (χ3n) is 3.91. The van der Waals surface area contributed by atoms with Gasteiger partial charge in [0.2, 0.25) is 6.79 Å². The van der Waals surface area contributed by atoms with E-state index in [1.807, 2.05) is 24.3 Å². The highest BCUT2D eigenvalue weighted by Crippen LogP contribution is 2.35. The van der Waals surface area contributed by atoms with Crippen molar-refractivity contribution in [3.8, 4) is 17.2 Å². The smallest absolute Gasteiger partial charge is 0.231 e. The van der Waals surface area contributed by atoms with E-state index in [9.17, 15) is 4.39 Å². The molecule has 2 N–H and O–H groups in total. The van der Waals surface area contributed by atoms with Crippen LogP contribution in [0.15, 0.2) is 42.5 Å². The summed E-state index contributed by atoms with van der Waals surface area (Å²) in [6.07, 6.45) is 1.69. The molecule has 0 amide bonds. The monoisotopic (exact) mass is 317 g/mol. The van der Waals surface area contributed by atoms with Crippen molar-refractivity contribution < 1.29 is 18.6 Å². The van der Waals surface area contributed by atoms with Crippen LogP contribution < -0.4 is 19.9 Å². The number of ether oxygens (including phenoxy) is 3. The zero-order chi connectivity index (χ0) is 16.1. The largest absolute Gasteiger partial charge is 0.493 e. The van der Waals surface area contributed by atoms with Crippen LogP contribution in [0.5, 0.6) is 17.2 Å². The Balaban J connectivity index is 1.48. The van der Waals surface area contributed by atoms with E-state index in [0.29, 0.717) is 18.9 Å². The zero-order valence-electron chi connectivity index (χ0n) is 12.8. The van der Waals surface area contributed by atoms with Gasteiger partial charge in [0.15, 0.2) is 11.5 Å². The minimum atomic E-state index is -0.224. The summed E-state index contributed by atoms with van der Waals surface area (Å²) < 4.78 is 29.6. The SMILES string of the molecule is NCC(CCCOc1ccc2c(c1)OCO2)c1cccc(F)c1. The molecule has 0 spiro atoms. The van der Waals surface area contributed by atoms with Gasteiger partial charge in [0, 0.05) is 6.07 Å². The van der Waals surface area contributed by atoms with Crippen LogP contribution in [-0.2, 0) is 0 Å². The van der Waals surface area contributed by atoms with Gasteiger partial charge in [0.05, 0.1) is 6.61 Å². The third kappa shape index (κ3) is 3.93. The Labute approximate surface area is 135 Å². The lowest BCUT2D eigenvalue weighted by Gasteiger charge is -2.15. The number of nitrogens with two attached hydrogens (primary N) is 1. The standard InChI is InChI=1S/C18H20FNO3/c19-15-5-1-3-13(9-15)14(11-20)4-2-8-21-16-6-7-17-18(10-16)23-12-22-17/h1,3,5-7,9-10,14H,2,4,8,11-12,20H2. The molecule has 122 valence electrons. The van der Waals surface area contributed by atoms with Crippen molar-refractivity contribution in [3.05, 3.63) is 53.8 Å². The zero-order valence-corrected chi connectivity index (χ0v) is 12.8. The number of fused-ring (bicyclic) bond motifs is 1. The van der Waals surface area contributed by atoms with E-state index in [-0.39, 0.29) is 18.5 Å². The van der Waals surface area contributed by atoms with Crippen LogP contribution in [0, 0.1) is 5.82 Å². The molecule has 0 bridgehead atoms. The molecular weight excluding hydrogens is 297 g/mol. The second kappa shape index (κ2) is 7.33. The first kappa shape index (κ1) is 15.6. The van der Waals surface area contributed by atoms with E-state index in [2.05, 4.69) is 0 Å². The van der Waals surface area contributed by atoms with Crippen LogP contribution in [0.2, 0.25) is 0 Å². The van der Waals surface area contributed by atoms with Gasteiger partial charge in [-0.15, -0.1) is 0 Å². The van der Waals surface area contributed by atoms with Gasteiger partial charge in [-0.05, 0) is 55.1 Å². The fourth-order valence-corrected chi connectivity index (χ4v) is 2.67. The molecule has 1 aliphatic rings. The predicted octanol–water partition coefficient (Wildman–Crippen LogP) is 3.46. The Kier molecular flexibility index (Phi) is 4.98. The lowest BCUT2D eigenvalue weighted by molar-refractivity contribution is 0.173. The minimum absolute atomic E-state index is 0.144. The van der Waals surface area contributed by atoms with Gasteiger partial charge in [-0.2, -0.15) is 0 Å². The molecule has 0 aromatic heterocycles. The van der Waals surface area contributed by atoms with Crippen LogP contribution in [0.3, 0.4) is 0 Å². The lowest BCUT2D eigenvalue weighted by Crippen LogP contribution is -2.14. The topological polar surface area (TPSA) is 53.7 Å². The fraction of sp³-hybridized carbons (Fsp3) is 0.333. The average Bonchev–Trinajstić information content (AvgIpc) is 3.02. The van der Waals surface area contributed by atoms with Crippen molar-refractivity contribution in [1.82, 2.24) is 0 Å². The second-order valence-electron chi connectivity index (χ2n) is 5.49. The maximum absolute atomic E-state index is 13.3. The van der Waals surface area contributed by atoms with Gasteiger partial charge >= 0.3 is 0 Å². The number of rotatable bonds is 7. The molecule has 3 rings (SSSR count). The maximum Gasteiger partial charge on any atom is 0.231 e. The molecular formula is C18H20FNO3. The summed E-state index contributed by atoms with van der Waals surface area (Å²) in [6, 6.07) is 12.2. The van der Waals surface area contributed by atoms with Gasteiger partial charge in [-0.25, -0.2) is 4.39 Å². The summed E-state index contributed by atoms with van der Waals surface area (Å²) in [5.74, 6) is 2.13. The van der Waals surface area contributed by atoms with E-state index >= 15 is 0 Å². The molecule has 2 aromatic carbocycles. The summed E-state index contributed by atoms with van der Waals surface area (Å²) in [5.41, 5.74) is 6.76. The fourth-order valence-electron chi connectivity index (χ4n) is 2.67. The number of hydrogen-bond acceptors (Lipinski definition) is 4. The van der Waals surface area contributed by atoms with E-state index in [1.165, 1.54) is 6.07 Å². The summed E-state index contributed by atoms with van der Waals surface area (Å²) in [5, 5.41) is 0. The van der Waals surface area contributed by atoms with E-state index in [1.54, 1.807) is 12.1 Å². The van der Waals surface area contributed by atoms with Gasteiger partial charge in [0.25, 0.3) is 0 Å². The molecule has 2 aromatic rings. The van der Waals surface area contributed by atoms with E-state index in [0.717, 1.165) is 29.9 Å². The average molecular weight is 317 g/mol. The molecule has 4 nitrogen and oxygen atoms in total. The highest BCUT2D eigenvalue weighted by molar-refractivity contribution is 5.46. The Morgan fingerprint density at radius 1 is 1.13 bits per heavy atom. The molecule has 0 radical (unpaired) electrons. The quantitative estimate of drug-likeness (QED) is 0.795. The third-order valence-corrected chi connectivity index (χ3v) is 3.91. The van der Waals surface area contributed by atoms with Crippen LogP contribution in [-0.4, -0.2) is 19.9 Å². The molecule has 0 saturated carbocycles. The molecule has 23 heavy (non-hydrogen) atoms. The predicted molar refractivity (Wildman–Crippen MR) is 85.5 cm³/mol. The maximum atomic E-state index is 13.3. The van der Waals surface area contributed by atoms with Crippen molar-refractivity contribution in [2.75, 3.05) is 19.9 Å². The molecule has 1 unspecified atom stereocenters. The first-order valence-electron chi connectivity index (χ1n) is 7.74. The first-order valence-corrected chi connectivity index (χ1v) is 7.74. The molecule has 1 heterocycles. The van der Waals surface area contributed by atoms with Gasteiger partial charge in [-0.3, -0.25) is 0 Å². The van der Waals surface area contributed by atoms with E-state index in [4.69, 9.17) is 19.9 Å². The van der Waals surface area contributed by atoms with Crippen LogP contribution in [0.4, 0.5) is 4.39 Å². The van der Waals surface area contributed by atoms with Gasteiger partial charge in [-0.1, -0.05) is 12.1 Å². The number of hydrogen-bond donors (Lipinski definition) is 1. The van der Waals surface area contributed by atoms with Gasteiger partial charge in [0.1, 0.15) is 11.6 Å². The molecule has 1 atom stereocenters. The first-order chi connectivity index (χ1) is 11.3. The highest BCUT2D eigenvalue weighted by Gasteiger charge is 2.14. The minimum Gasteiger partial charge on any atom is -0.493 e. The van der Waals surface area contributed by atoms with Crippen molar-refractivity contribution in [2.45, 2.75) is 18.8 Å². The highest BCUT2D eigenvalue weighted by atomic mass is 19.1. The molecule has 5 heteroatoms. The lowest BCUT2D eigenvalue weighted by atomic mass is 9.94. The summed E-state index contributed by atoms with van der Waals surface area (Å²) in [6.45, 7) is 1.32. The molecule has 1 aliphatic heterocycles. The van der Waals surface area contributed by atoms with Crippen LogP contribution in [0.1, 0.15) is 24.3 Å². The summed E-state index contributed by atoms with van der Waals surface area (Å²) >= 11 is 0. The van der Waals surface area contributed by atoms with Crippen molar-refractivity contribution in [3.63, 3.8) is 0 Å². The number of benzene rings is 2. The molecule has 0 saturated heterocycles. The molecule has 0 fully saturated rings. The van der Waals surface area contributed by atoms with Crippen molar-refractivity contribution in [1.29, 1.82) is 0 Å². The Morgan fingerprint density at radius 2 is 2.00 bits per heavy atom. The summed E-state index contributed by atoms with van der Waals surface area (Å²) in [4.78, 5) is 0. The second-order valence-corrected chi connectivity index (χ2v) is 5.49. The van der Waals surface area contributed by atoms with Crippen molar-refractivity contribution in [2.24, 2.45) is 5.73 Å². The van der Waals surface area contributed by atoms with Crippen LogP contribution >= 0.6 is 0 Å². The van der Waals surface area contributed by atoms with E-state index < -0.39 is 0 Å².